The third kappa shape index (κ3) is 2.38. The minimum absolute atomic E-state index is 0.681. The van der Waals surface area contributed by atoms with E-state index in [1.807, 2.05) is 43.3 Å². The van der Waals surface area contributed by atoms with Crippen LogP contribution in [0.1, 0.15) is 5.56 Å². The number of benzene rings is 2. The van der Waals surface area contributed by atoms with Gasteiger partial charge in [-0.2, -0.15) is 0 Å². The van der Waals surface area contributed by atoms with Crippen LogP contribution in [0, 0.1) is 6.92 Å². The van der Waals surface area contributed by atoms with Crippen LogP contribution in [-0.4, -0.2) is 9.97 Å². The topological polar surface area (TPSA) is 63.8 Å². The van der Waals surface area contributed by atoms with E-state index in [-0.39, 0.29) is 0 Å². The molecule has 0 unspecified atom stereocenters. The maximum atomic E-state index is 6.03. The first-order valence-corrected chi connectivity index (χ1v) is 6.55. The van der Waals surface area contributed by atoms with Crippen LogP contribution in [-0.2, 0) is 0 Å². The highest BCUT2D eigenvalue weighted by atomic mass is 35.5. The van der Waals surface area contributed by atoms with Crippen molar-refractivity contribution >= 4 is 39.7 Å². The second kappa shape index (κ2) is 4.98. The smallest absolute Gasteiger partial charge is 0.141 e. The number of halogens is 1. The van der Waals surface area contributed by atoms with E-state index in [0.29, 0.717) is 10.7 Å². The SMILES string of the molecule is Cc1ccc(Cl)cc1Nc1ncnc2cc(N)ccc12. The Labute approximate surface area is 121 Å². The Morgan fingerprint density at radius 1 is 1.10 bits per heavy atom. The Kier molecular flexibility index (Phi) is 3.16. The molecule has 3 rings (SSSR count). The van der Waals surface area contributed by atoms with Crippen LogP contribution in [0.15, 0.2) is 42.7 Å². The van der Waals surface area contributed by atoms with Crippen molar-refractivity contribution in [3.05, 3.63) is 53.3 Å². The molecule has 0 saturated heterocycles. The summed E-state index contributed by atoms with van der Waals surface area (Å²) in [5.41, 5.74) is 9.28. The Balaban J connectivity index is 2.09. The molecule has 0 atom stereocenters. The molecule has 0 spiro atoms. The van der Waals surface area contributed by atoms with Gasteiger partial charge in [0.25, 0.3) is 0 Å². The zero-order chi connectivity index (χ0) is 14.1. The molecule has 5 heteroatoms. The molecule has 0 aliphatic carbocycles. The second-order valence-corrected chi connectivity index (χ2v) is 5.02. The number of anilines is 3. The largest absolute Gasteiger partial charge is 0.399 e. The summed E-state index contributed by atoms with van der Waals surface area (Å²) in [7, 11) is 0. The van der Waals surface area contributed by atoms with Crippen LogP contribution in [0.4, 0.5) is 17.2 Å². The molecule has 20 heavy (non-hydrogen) atoms. The van der Waals surface area contributed by atoms with E-state index in [1.165, 1.54) is 6.33 Å². The number of nitrogens with one attached hydrogen (secondary N) is 1. The molecule has 3 aromatic rings. The summed E-state index contributed by atoms with van der Waals surface area (Å²) < 4.78 is 0. The summed E-state index contributed by atoms with van der Waals surface area (Å²) in [6, 6.07) is 11.3. The number of nitrogens with zero attached hydrogens (tertiary/aromatic N) is 2. The maximum absolute atomic E-state index is 6.03. The molecule has 0 radical (unpaired) electrons. The van der Waals surface area contributed by atoms with Crippen LogP contribution in [0.2, 0.25) is 5.02 Å². The standard InChI is InChI=1S/C15H13ClN4/c1-9-2-3-10(16)6-13(9)20-15-12-5-4-11(17)7-14(12)18-8-19-15/h2-8H,17H2,1H3,(H,18,19,20). The summed E-state index contributed by atoms with van der Waals surface area (Å²) in [5, 5.41) is 4.90. The zero-order valence-corrected chi connectivity index (χ0v) is 11.6. The Morgan fingerprint density at radius 2 is 1.95 bits per heavy atom. The van der Waals surface area contributed by atoms with Gasteiger partial charge in [-0.3, -0.25) is 0 Å². The van der Waals surface area contributed by atoms with Gasteiger partial charge in [0.2, 0.25) is 0 Å². The van der Waals surface area contributed by atoms with E-state index in [4.69, 9.17) is 17.3 Å². The molecular formula is C15H13ClN4. The predicted octanol–water partition coefficient (Wildman–Crippen LogP) is 3.92. The van der Waals surface area contributed by atoms with E-state index < -0.39 is 0 Å². The minimum atomic E-state index is 0.681. The lowest BCUT2D eigenvalue weighted by Gasteiger charge is -2.11. The van der Waals surface area contributed by atoms with Crippen molar-refractivity contribution in [3.8, 4) is 0 Å². The molecule has 0 saturated carbocycles. The number of aromatic nitrogens is 2. The van der Waals surface area contributed by atoms with Gasteiger partial charge in [0, 0.05) is 21.8 Å². The molecular weight excluding hydrogens is 272 g/mol. The predicted molar refractivity (Wildman–Crippen MR) is 83.4 cm³/mol. The molecule has 2 aromatic carbocycles. The first-order chi connectivity index (χ1) is 9.63. The number of fused-ring (bicyclic) bond motifs is 1. The van der Waals surface area contributed by atoms with Crippen LogP contribution in [0.3, 0.4) is 0 Å². The third-order valence-electron chi connectivity index (χ3n) is 3.11. The highest BCUT2D eigenvalue weighted by Gasteiger charge is 2.06. The van der Waals surface area contributed by atoms with Gasteiger partial charge >= 0.3 is 0 Å². The van der Waals surface area contributed by atoms with Crippen molar-refractivity contribution in [2.24, 2.45) is 0 Å². The average Bonchev–Trinajstić information content (AvgIpc) is 2.43. The third-order valence-corrected chi connectivity index (χ3v) is 3.35. The average molecular weight is 285 g/mol. The van der Waals surface area contributed by atoms with Crippen molar-refractivity contribution in [1.82, 2.24) is 9.97 Å². The van der Waals surface area contributed by atoms with Crippen molar-refractivity contribution < 1.29 is 0 Å². The van der Waals surface area contributed by atoms with Gasteiger partial charge in [0.15, 0.2) is 0 Å². The van der Waals surface area contributed by atoms with Crippen LogP contribution in [0.5, 0.6) is 0 Å². The fourth-order valence-electron chi connectivity index (χ4n) is 2.03. The summed E-state index contributed by atoms with van der Waals surface area (Å²) >= 11 is 6.03. The number of hydrogen-bond acceptors (Lipinski definition) is 4. The lowest BCUT2D eigenvalue weighted by molar-refractivity contribution is 1.22. The molecule has 0 aliphatic heterocycles. The number of hydrogen-bond donors (Lipinski definition) is 2. The normalized spacial score (nSPS) is 10.7. The highest BCUT2D eigenvalue weighted by Crippen LogP contribution is 2.27. The Hall–Kier alpha value is -2.33. The van der Waals surface area contributed by atoms with Crippen LogP contribution >= 0.6 is 11.6 Å². The van der Waals surface area contributed by atoms with Gasteiger partial charge in [0.1, 0.15) is 12.1 Å². The van der Waals surface area contributed by atoms with Crippen LogP contribution in [0.25, 0.3) is 10.9 Å². The maximum Gasteiger partial charge on any atom is 0.141 e. The van der Waals surface area contributed by atoms with Gasteiger partial charge in [0.05, 0.1) is 5.52 Å². The fourth-order valence-corrected chi connectivity index (χ4v) is 2.20. The molecule has 1 heterocycles. The van der Waals surface area contributed by atoms with E-state index >= 15 is 0 Å². The second-order valence-electron chi connectivity index (χ2n) is 4.58. The van der Waals surface area contributed by atoms with E-state index in [2.05, 4.69) is 15.3 Å². The Morgan fingerprint density at radius 3 is 2.80 bits per heavy atom. The zero-order valence-electron chi connectivity index (χ0n) is 10.9. The summed E-state index contributed by atoms with van der Waals surface area (Å²) in [5.74, 6) is 0.736. The van der Waals surface area contributed by atoms with E-state index in [1.54, 1.807) is 0 Å². The number of rotatable bonds is 2. The fraction of sp³-hybridized carbons (Fsp3) is 0.0667. The van der Waals surface area contributed by atoms with Crippen molar-refractivity contribution in [1.29, 1.82) is 0 Å². The van der Waals surface area contributed by atoms with Gasteiger partial charge < -0.3 is 11.1 Å². The van der Waals surface area contributed by atoms with Gasteiger partial charge in [-0.15, -0.1) is 0 Å². The lowest BCUT2D eigenvalue weighted by Crippen LogP contribution is -1.98. The Bertz CT molecular complexity index is 786. The van der Waals surface area contributed by atoms with Gasteiger partial charge in [-0.1, -0.05) is 17.7 Å². The summed E-state index contributed by atoms with van der Waals surface area (Å²) in [6.07, 6.45) is 1.52. The summed E-state index contributed by atoms with van der Waals surface area (Å²) in [6.45, 7) is 2.01. The molecule has 1 aromatic heterocycles. The number of aryl methyl sites for hydroxylation is 1. The van der Waals surface area contributed by atoms with Gasteiger partial charge in [-0.05, 0) is 42.8 Å². The number of nitrogen functional groups attached to an aromatic ring is 1. The first kappa shape index (κ1) is 12.7. The molecule has 100 valence electrons. The van der Waals surface area contributed by atoms with Crippen molar-refractivity contribution in [2.75, 3.05) is 11.1 Å². The van der Waals surface area contributed by atoms with Crippen molar-refractivity contribution in [3.63, 3.8) is 0 Å². The van der Waals surface area contributed by atoms with Crippen molar-refractivity contribution in [2.45, 2.75) is 6.92 Å². The molecule has 4 nitrogen and oxygen atoms in total. The highest BCUT2D eigenvalue weighted by molar-refractivity contribution is 6.30. The molecule has 0 bridgehead atoms. The number of nitrogens with two attached hydrogens (primary N) is 1. The van der Waals surface area contributed by atoms with Crippen LogP contribution < -0.4 is 11.1 Å². The lowest BCUT2D eigenvalue weighted by atomic mass is 10.2. The first-order valence-electron chi connectivity index (χ1n) is 6.17. The molecule has 0 amide bonds. The minimum Gasteiger partial charge on any atom is -0.399 e. The van der Waals surface area contributed by atoms with E-state index in [0.717, 1.165) is 28.0 Å². The molecule has 0 aliphatic rings. The molecule has 0 fully saturated rings. The van der Waals surface area contributed by atoms with Gasteiger partial charge in [-0.25, -0.2) is 9.97 Å². The molecule has 3 N–H and O–H groups in total. The monoisotopic (exact) mass is 284 g/mol. The quantitative estimate of drug-likeness (QED) is 0.700. The summed E-state index contributed by atoms with van der Waals surface area (Å²) in [4.78, 5) is 8.52. The van der Waals surface area contributed by atoms with E-state index in [9.17, 15) is 0 Å².